The lowest BCUT2D eigenvalue weighted by Crippen LogP contribution is -2.45. The number of carbonyl (C=O) groups excluding carboxylic acids is 1. The quantitative estimate of drug-likeness (QED) is 0.823. The molecule has 4 heteroatoms. The molecular weight excluding hydrogens is 332 g/mol. The minimum Gasteiger partial charge on any atom is -0.456 e. The molecule has 0 amide bonds. The third kappa shape index (κ3) is 2.53. The number of ether oxygens (including phenoxy) is 1. The lowest BCUT2D eigenvalue weighted by molar-refractivity contribution is -0.0986. The van der Waals surface area contributed by atoms with E-state index in [1.54, 1.807) is 19.1 Å². The Bertz CT molecular complexity index is 579. The normalized spacial score (nSPS) is 36.7. The molecule has 2 aliphatic carbocycles. The van der Waals surface area contributed by atoms with Crippen LogP contribution in [-0.4, -0.2) is 22.8 Å². The summed E-state index contributed by atoms with van der Waals surface area (Å²) in [5.41, 5.74) is -0.171. The van der Waals surface area contributed by atoms with Gasteiger partial charge in [-0.25, -0.2) is 4.79 Å². The molecule has 0 aromatic heterocycles. The van der Waals surface area contributed by atoms with E-state index in [1.807, 2.05) is 12.1 Å². The van der Waals surface area contributed by atoms with E-state index in [4.69, 9.17) is 4.74 Å². The molecule has 0 unspecified atom stereocenters. The Morgan fingerprint density at radius 2 is 1.95 bits per heavy atom. The van der Waals surface area contributed by atoms with Crippen LogP contribution in [0.1, 0.15) is 44.0 Å². The average molecular weight is 353 g/mol. The topological polar surface area (TPSA) is 46.5 Å². The minimum atomic E-state index is -0.939. The van der Waals surface area contributed by atoms with Crippen LogP contribution < -0.4 is 0 Å². The molecule has 3 nitrogen and oxygen atoms in total. The van der Waals surface area contributed by atoms with Crippen LogP contribution in [0.15, 0.2) is 28.7 Å². The summed E-state index contributed by atoms with van der Waals surface area (Å²) < 4.78 is 6.36. The first kappa shape index (κ1) is 15.0. The van der Waals surface area contributed by atoms with Crippen LogP contribution in [0.3, 0.4) is 0 Å². The molecule has 0 aliphatic heterocycles. The van der Waals surface area contributed by atoms with Crippen LogP contribution in [0, 0.1) is 17.3 Å². The fraction of sp³-hybridized carbons (Fsp3) is 0.588. The molecule has 0 radical (unpaired) electrons. The standard InChI is InChI=1S/C17H21BrO3/c1-16(2)11-8-14(17(3,20)9-12(11)16)21-15(19)10-6-4-5-7-13(10)18/h4-7,11-12,14,20H,8-9H2,1-3H3/t11-,12+,14-,17-/m1/s1. The predicted molar refractivity (Wildman–Crippen MR) is 84.0 cm³/mol. The maximum absolute atomic E-state index is 12.3. The molecule has 0 spiro atoms. The Balaban J connectivity index is 1.75. The monoisotopic (exact) mass is 352 g/mol. The van der Waals surface area contributed by atoms with Crippen molar-refractivity contribution in [2.75, 3.05) is 0 Å². The second-order valence-corrected chi connectivity index (χ2v) is 8.06. The van der Waals surface area contributed by atoms with Gasteiger partial charge >= 0.3 is 5.97 Å². The zero-order valence-corrected chi connectivity index (χ0v) is 14.2. The number of halogens is 1. The zero-order chi connectivity index (χ0) is 15.4. The van der Waals surface area contributed by atoms with Crippen molar-refractivity contribution < 1.29 is 14.6 Å². The predicted octanol–water partition coefficient (Wildman–Crippen LogP) is 3.79. The summed E-state index contributed by atoms with van der Waals surface area (Å²) in [6.07, 6.45) is 1.03. The van der Waals surface area contributed by atoms with Crippen molar-refractivity contribution in [3.63, 3.8) is 0 Å². The zero-order valence-electron chi connectivity index (χ0n) is 12.6. The molecule has 2 saturated carbocycles. The lowest BCUT2D eigenvalue weighted by Gasteiger charge is -2.36. The number of hydrogen-bond donors (Lipinski definition) is 1. The molecule has 1 aromatic carbocycles. The van der Waals surface area contributed by atoms with E-state index >= 15 is 0 Å². The van der Waals surface area contributed by atoms with E-state index in [0.717, 1.165) is 10.9 Å². The third-order valence-electron chi connectivity index (χ3n) is 5.43. The number of hydrogen-bond acceptors (Lipinski definition) is 3. The molecule has 0 heterocycles. The minimum absolute atomic E-state index is 0.262. The number of fused-ring (bicyclic) bond motifs is 1. The molecule has 4 atom stereocenters. The molecule has 2 fully saturated rings. The summed E-state index contributed by atoms with van der Waals surface area (Å²) in [6, 6.07) is 7.21. The summed E-state index contributed by atoms with van der Waals surface area (Å²) >= 11 is 3.37. The molecule has 0 saturated heterocycles. The van der Waals surface area contributed by atoms with E-state index in [9.17, 15) is 9.90 Å². The van der Waals surface area contributed by atoms with Gasteiger partial charge in [-0.05, 0) is 65.1 Å². The molecule has 3 rings (SSSR count). The molecule has 1 aromatic rings. The Morgan fingerprint density at radius 1 is 1.29 bits per heavy atom. The molecular formula is C17H21BrO3. The summed E-state index contributed by atoms with van der Waals surface area (Å²) in [5.74, 6) is 0.727. The van der Waals surface area contributed by atoms with Gasteiger partial charge in [0, 0.05) is 4.47 Å². The summed E-state index contributed by atoms with van der Waals surface area (Å²) in [7, 11) is 0. The van der Waals surface area contributed by atoms with E-state index in [-0.39, 0.29) is 11.4 Å². The summed E-state index contributed by atoms with van der Waals surface area (Å²) in [4.78, 5) is 12.3. The Morgan fingerprint density at radius 3 is 2.62 bits per heavy atom. The van der Waals surface area contributed by atoms with E-state index < -0.39 is 11.7 Å². The number of esters is 1. The Labute approximate surface area is 133 Å². The molecule has 2 aliphatic rings. The van der Waals surface area contributed by atoms with Crippen LogP contribution in [-0.2, 0) is 4.74 Å². The number of benzene rings is 1. The molecule has 1 N–H and O–H groups in total. The highest BCUT2D eigenvalue weighted by atomic mass is 79.9. The maximum atomic E-state index is 12.3. The van der Waals surface area contributed by atoms with Crippen LogP contribution in [0.2, 0.25) is 0 Å². The van der Waals surface area contributed by atoms with Gasteiger partial charge in [-0.1, -0.05) is 26.0 Å². The van der Waals surface area contributed by atoms with E-state index in [0.29, 0.717) is 23.8 Å². The van der Waals surface area contributed by atoms with E-state index in [2.05, 4.69) is 29.8 Å². The number of rotatable bonds is 2. The van der Waals surface area contributed by atoms with Crippen molar-refractivity contribution in [1.29, 1.82) is 0 Å². The van der Waals surface area contributed by atoms with Crippen molar-refractivity contribution in [1.82, 2.24) is 0 Å². The number of aliphatic hydroxyl groups is 1. The highest BCUT2D eigenvalue weighted by Gasteiger charge is 2.64. The van der Waals surface area contributed by atoms with Gasteiger partial charge in [-0.15, -0.1) is 0 Å². The van der Waals surface area contributed by atoms with Gasteiger partial charge in [0.1, 0.15) is 6.10 Å². The van der Waals surface area contributed by atoms with Crippen molar-refractivity contribution in [2.24, 2.45) is 17.3 Å². The highest BCUT2D eigenvalue weighted by Crippen LogP contribution is 2.66. The number of carbonyl (C=O) groups is 1. The first-order valence-electron chi connectivity index (χ1n) is 7.41. The second-order valence-electron chi connectivity index (χ2n) is 7.21. The first-order valence-corrected chi connectivity index (χ1v) is 8.20. The lowest BCUT2D eigenvalue weighted by atomic mass is 9.83. The van der Waals surface area contributed by atoms with Crippen molar-refractivity contribution in [2.45, 2.75) is 45.3 Å². The van der Waals surface area contributed by atoms with Crippen molar-refractivity contribution in [3.8, 4) is 0 Å². The largest absolute Gasteiger partial charge is 0.456 e. The van der Waals surface area contributed by atoms with Gasteiger partial charge in [0.25, 0.3) is 0 Å². The maximum Gasteiger partial charge on any atom is 0.339 e. The van der Waals surface area contributed by atoms with Crippen LogP contribution in [0.5, 0.6) is 0 Å². The van der Waals surface area contributed by atoms with Gasteiger partial charge in [0.15, 0.2) is 0 Å². The SMILES string of the molecule is CC1(C)[C@@H]2C[C@@H](OC(=O)c3ccccc3Br)[C@](C)(O)C[C@@H]21. The van der Waals surface area contributed by atoms with Crippen molar-refractivity contribution >= 4 is 21.9 Å². The summed E-state index contributed by atoms with van der Waals surface area (Å²) in [6.45, 7) is 6.25. The Hall–Kier alpha value is -0.870. The van der Waals surface area contributed by atoms with Gasteiger partial charge < -0.3 is 9.84 Å². The Kier molecular flexibility index (Phi) is 3.45. The highest BCUT2D eigenvalue weighted by molar-refractivity contribution is 9.10. The molecule has 21 heavy (non-hydrogen) atoms. The van der Waals surface area contributed by atoms with Gasteiger partial charge in [-0.2, -0.15) is 0 Å². The van der Waals surface area contributed by atoms with Crippen LogP contribution >= 0.6 is 15.9 Å². The van der Waals surface area contributed by atoms with Gasteiger partial charge in [0.05, 0.1) is 11.2 Å². The van der Waals surface area contributed by atoms with E-state index in [1.165, 1.54) is 0 Å². The smallest absolute Gasteiger partial charge is 0.339 e. The van der Waals surface area contributed by atoms with Gasteiger partial charge in [-0.3, -0.25) is 0 Å². The molecule has 0 bridgehead atoms. The van der Waals surface area contributed by atoms with Gasteiger partial charge in [0.2, 0.25) is 0 Å². The first-order chi connectivity index (χ1) is 9.73. The van der Waals surface area contributed by atoms with Crippen LogP contribution in [0.25, 0.3) is 0 Å². The third-order valence-corrected chi connectivity index (χ3v) is 6.12. The van der Waals surface area contributed by atoms with Crippen molar-refractivity contribution in [3.05, 3.63) is 34.3 Å². The summed E-state index contributed by atoms with van der Waals surface area (Å²) in [5, 5.41) is 10.6. The molecule has 114 valence electrons. The fourth-order valence-electron chi connectivity index (χ4n) is 3.79. The van der Waals surface area contributed by atoms with Crippen LogP contribution in [0.4, 0.5) is 0 Å². The second kappa shape index (κ2) is 4.82. The fourth-order valence-corrected chi connectivity index (χ4v) is 4.23. The average Bonchev–Trinajstić information content (AvgIpc) is 2.90.